The first-order valence-electron chi connectivity index (χ1n) is 20.9. The van der Waals surface area contributed by atoms with E-state index < -0.39 is 35.5 Å². The minimum absolute atomic E-state index is 0.113. The Morgan fingerprint density at radius 3 is 1.30 bits per heavy atom. The van der Waals surface area contributed by atoms with Gasteiger partial charge in [0.2, 0.25) is 0 Å². The molecular formula is C41H87NO21PS2-. The Bertz CT molecular complexity index is 1330. The first-order valence-corrected chi connectivity index (χ1v) is 24.9. The van der Waals surface area contributed by atoms with Crippen molar-refractivity contribution in [1.82, 2.24) is 0 Å². The number of benzene rings is 1. The molecule has 0 saturated carbocycles. The Morgan fingerprint density at radius 2 is 1.08 bits per heavy atom. The van der Waals surface area contributed by atoms with Gasteiger partial charge >= 0.3 is 24.2 Å². The molecule has 1 aromatic carbocycles. The van der Waals surface area contributed by atoms with Crippen molar-refractivity contribution in [3.63, 3.8) is 0 Å². The van der Waals surface area contributed by atoms with Gasteiger partial charge in [-0.1, -0.05) is 27.7 Å². The molecule has 2 unspecified atom stereocenters. The van der Waals surface area contributed by atoms with Crippen LogP contribution in [0, 0.1) is 11.8 Å². The number of carboxylic acids is 1. The lowest BCUT2D eigenvalue weighted by Gasteiger charge is -2.11. The molecule has 0 aliphatic carbocycles. The van der Waals surface area contributed by atoms with Crippen LogP contribution >= 0.6 is 7.82 Å². The molecule has 2 atom stereocenters. The molecule has 400 valence electrons. The fourth-order valence-corrected chi connectivity index (χ4v) is 3.35. The van der Waals surface area contributed by atoms with Crippen molar-refractivity contribution in [1.29, 1.82) is 0 Å². The van der Waals surface area contributed by atoms with Crippen LogP contribution in [0.1, 0.15) is 89.5 Å². The molecule has 1 aromatic rings. The Hall–Kier alpha value is -1.94. The van der Waals surface area contributed by atoms with Crippen molar-refractivity contribution in [2.75, 3.05) is 99.7 Å². The molecule has 1 heterocycles. The molecule has 25 heteroatoms. The van der Waals surface area contributed by atoms with Crippen LogP contribution in [-0.4, -0.2) is 168 Å². The predicted molar refractivity (Wildman–Crippen MR) is 254 cm³/mol. The van der Waals surface area contributed by atoms with E-state index >= 15 is 0 Å². The van der Waals surface area contributed by atoms with Crippen LogP contribution in [0.25, 0.3) is 0 Å². The van der Waals surface area contributed by atoms with E-state index in [0.29, 0.717) is 83.0 Å². The molecule has 1 aliphatic heterocycles. The summed E-state index contributed by atoms with van der Waals surface area (Å²) in [4.78, 5) is 25.1. The van der Waals surface area contributed by atoms with E-state index in [1.165, 1.54) is 6.42 Å². The molecule has 0 spiro atoms. The quantitative estimate of drug-likeness (QED) is 0.0253. The normalized spacial score (nSPS) is 13.0. The minimum Gasteiger partial charge on any atom is -0.755 e. The fraction of sp³-hybridized carbons (Fsp3) is 0.829. The number of anilines is 1. The average Bonchev–Trinajstić information content (AvgIpc) is 4.01. The molecule has 1 saturated heterocycles. The molecule has 0 bridgehead atoms. The molecule has 22 nitrogen and oxygen atoms in total. The van der Waals surface area contributed by atoms with E-state index in [1.54, 1.807) is 59.4 Å². The standard InChI is InChI=1S/C9H13NO3S.C8H18O3.2C6H14O2.C6H12O.C4H8O2.CH5O4P.CH4O4S/c1-7(2)13-9-5-3-8(4-6-9)10-14(11)12;1-8(2)11-7-6-10-5-4-9-3;2*1-6(2)8-5-4-7-3;1-5(2)3-6-4-7-6;1-3(2)4(5)6;2*1-5-6(2,3)4/h3-7,10H,1-2H3,(H,11,12);8H,4-7H2,1-3H3;2*6H,4-5H2,1-3H3;5-6H,3-4H2,1-2H3;3H,1-2H3,(H,5,6);1H3,(H2,2,3,4);1H3,(H,2,3,4)/p-1. The van der Waals surface area contributed by atoms with Gasteiger partial charge in [0.15, 0.2) is 0 Å². The summed E-state index contributed by atoms with van der Waals surface area (Å²) in [5.41, 5.74) is 0.523. The summed E-state index contributed by atoms with van der Waals surface area (Å²) in [5.74, 6) is 0.565. The summed E-state index contributed by atoms with van der Waals surface area (Å²) in [7, 11) is -1.49. The van der Waals surface area contributed by atoms with Crippen LogP contribution in [0.4, 0.5) is 5.69 Å². The monoisotopic (exact) mass is 1020 g/mol. The van der Waals surface area contributed by atoms with Crippen LogP contribution in [0.2, 0.25) is 0 Å². The highest BCUT2D eigenvalue weighted by atomic mass is 32.3. The number of ether oxygens (including phenoxy) is 9. The molecule has 0 amide bonds. The summed E-state index contributed by atoms with van der Waals surface area (Å²) in [6, 6.07) is 6.73. The number of epoxide rings is 1. The number of phosphoric ester groups is 1. The van der Waals surface area contributed by atoms with Gasteiger partial charge in [0, 0.05) is 45.4 Å². The number of rotatable bonds is 24. The zero-order valence-electron chi connectivity index (χ0n) is 42.4. The number of carbonyl (C=O) groups is 1. The number of phosphoric acid groups is 1. The zero-order chi connectivity index (χ0) is 52.7. The SMILES string of the molecule is CC(C)C(=O)O.CC(C)CC1CO1.CC(C)Oc1ccc(NS(=O)[O-])cc1.COCCOC(C)C.COCCOC(C)C.COCCOCCOC(C)C.COP(=O)(O)O.COS(=O)(=O)O. The highest BCUT2D eigenvalue weighted by Gasteiger charge is 2.22. The Kier molecular flexibility index (Phi) is 58.3. The zero-order valence-corrected chi connectivity index (χ0v) is 44.9. The second-order valence-corrected chi connectivity index (χ2v) is 17.9. The maximum absolute atomic E-state index is 10.3. The van der Waals surface area contributed by atoms with E-state index in [1.807, 2.05) is 55.4 Å². The third-order valence-electron chi connectivity index (χ3n) is 6.09. The van der Waals surface area contributed by atoms with E-state index in [0.717, 1.165) is 32.5 Å². The molecule has 1 fully saturated rings. The van der Waals surface area contributed by atoms with Gasteiger partial charge in [-0.25, -0.2) is 4.57 Å². The van der Waals surface area contributed by atoms with E-state index in [-0.39, 0.29) is 12.0 Å². The number of nitrogens with one attached hydrogen (secondary N) is 1. The third-order valence-corrected chi connectivity index (χ3v) is 7.39. The molecular weight excluding hydrogens is 938 g/mol. The van der Waals surface area contributed by atoms with E-state index in [4.69, 9.17) is 62.1 Å². The third kappa shape index (κ3) is 88.7. The molecule has 2 rings (SSSR count). The first kappa shape index (κ1) is 75.6. The van der Waals surface area contributed by atoms with Crippen LogP contribution in [0.15, 0.2) is 24.3 Å². The van der Waals surface area contributed by atoms with Gasteiger partial charge in [-0.05, 0) is 92.0 Å². The molecule has 0 radical (unpaired) electrons. The highest BCUT2D eigenvalue weighted by molar-refractivity contribution is 7.81. The largest absolute Gasteiger partial charge is 0.755 e. The summed E-state index contributed by atoms with van der Waals surface area (Å²) in [5, 5.41) is 7.99. The van der Waals surface area contributed by atoms with Crippen molar-refractivity contribution in [3.05, 3.63) is 24.3 Å². The van der Waals surface area contributed by atoms with Gasteiger partial charge in [0.05, 0.1) is 103 Å². The van der Waals surface area contributed by atoms with Gasteiger partial charge < -0.3 is 66.8 Å². The Morgan fingerprint density at radius 1 is 0.742 bits per heavy atom. The van der Waals surface area contributed by atoms with Crippen LogP contribution in [0.3, 0.4) is 0 Å². The van der Waals surface area contributed by atoms with Crippen LogP contribution in [-0.2, 0) is 77.6 Å². The van der Waals surface area contributed by atoms with Crippen molar-refractivity contribution in [2.45, 2.75) is 120 Å². The Balaban J connectivity index is -0.000000159. The van der Waals surface area contributed by atoms with Crippen LogP contribution < -0.4 is 9.46 Å². The van der Waals surface area contributed by atoms with Crippen molar-refractivity contribution in [3.8, 4) is 5.75 Å². The topological polar surface area (TPSA) is 306 Å². The van der Waals surface area contributed by atoms with Gasteiger partial charge in [0.1, 0.15) is 5.75 Å². The second kappa shape index (κ2) is 50.9. The maximum atomic E-state index is 10.3. The van der Waals surface area contributed by atoms with Crippen molar-refractivity contribution in [2.24, 2.45) is 11.8 Å². The number of methoxy groups -OCH3 is 3. The number of aliphatic carboxylic acids is 1. The number of hydrogen-bond donors (Lipinski definition) is 5. The van der Waals surface area contributed by atoms with Gasteiger partial charge in [-0.3, -0.25) is 22.3 Å². The highest BCUT2D eigenvalue weighted by Crippen LogP contribution is 2.33. The van der Waals surface area contributed by atoms with Gasteiger partial charge in [-0.2, -0.15) is 8.42 Å². The van der Waals surface area contributed by atoms with E-state index in [2.05, 4.69) is 27.3 Å². The summed E-state index contributed by atoms with van der Waals surface area (Å²) in [6.07, 6.45) is 2.93. The van der Waals surface area contributed by atoms with Crippen LogP contribution in [0.5, 0.6) is 5.75 Å². The van der Waals surface area contributed by atoms with Gasteiger partial charge in [0.25, 0.3) is 0 Å². The lowest BCUT2D eigenvalue weighted by molar-refractivity contribution is -0.140. The lowest BCUT2D eigenvalue weighted by atomic mass is 10.1. The Labute approximate surface area is 398 Å². The molecule has 66 heavy (non-hydrogen) atoms. The maximum Gasteiger partial charge on any atom is 0.469 e. The average molecular weight is 1030 g/mol. The second-order valence-electron chi connectivity index (χ2n) is 14.7. The predicted octanol–water partition coefficient (Wildman–Crippen LogP) is 6.19. The molecule has 5 N–H and O–H groups in total. The number of hydrogen-bond acceptors (Lipinski definition) is 17. The molecule has 1 aliphatic rings. The summed E-state index contributed by atoms with van der Waals surface area (Å²) in [6.45, 7) is 30.1. The smallest absolute Gasteiger partial charge is 0.469 e. The lowest BCUT2D eigenvalue weighted by Crippen LogP contribution is -2.11. The molecule has 0 aromatic heterocycles. The van der Waals surface area contributed by atoms with E-state index in [9.17, 15) is 26.5 Å². The minimum atomic E-state index is -4.16. The fourth-order valence-electron chi connectivity index (χ4n) is 3.02. The summed E-state index contributed by atoms with van der Waals surface area (Å²) >= 11 is -2.27. The number of carboxylic acid groups (broad SMARTS) is 1. The van der Waals surface area contributed by atoms with Crippen molar-refractivity contribution < 1.29 is 97.3 Å². The van der Waals surface area contributed by atoms with Crippen molar-refractivity contribution >= 4 is 41.1 Å². The summed E-state index contributed by atoms with van der Waals surface area (Å²) < 4.78 is 111. The first-order chi connectivity index (χ1) is 30.4. The van der Waals surface area contributed by atoms with Gasteiger partial charge in [-0.15, -0.1) is 0 Å².